The van der Waals surface area contributed by atoms with Crippen molar-refractivity contribution in [3.63, 3.8) is 0 Å². The van der Waals surface area contributed by atoms with Crippen molar-refractivity contribution in [3.05, 3.63) is 82.9 Å². The van der Waals surface area contributed by atoms with Gasteiger partial charge in [0.25, 0.3) is 5.91 Å². The molecular weight excluding hydrogens is 440 g/mol. The third-order valence-corrected chi connectivity index (χ3v) is 6.35. The average molecular weight is 463 g/mol. The summed E-state index contributed by atoms with van der Waals surface area (Å²) in [5.74, 6) is 0.288. The zero-order chi connectivity index (χ0) is 22.4. The van der Waals surface area contributed by atoms with Crippen LogP contribution in [0.4, 0.5) is 0 Å². The SMILES string of the molecule is COCCNS(=O)(=O)c1ccc(C(=O)NC(c2ccc(Cl)cc2)c2nccn2C)cc1. The van der Waals surface area contributed by atoms with Crippen molar-refractivity contribution in [1.82, 2.24) is 19.6 Å². The number of sulfonamides is 1. The van der Waals surface area contributed by atoms with Gasteiger partial charge in [-0.25, -0.2) is 18.1 Å². The normalized spacial score (nSPS) is 12.5. The van der Waals surface area contributed by atoms with E-state index in [2.05, 4.69) is 15.0 Å². The summed E-state index contributed by atoms with van der Waals surface area (Å²) in [6.45, 7) is 0.423. The molecular formula is C21H23ClN4O4S. The van der Waals surface area contributed by atoms with Crippen LogP contribution in [0.5, 0.6) is 0 Å². The summed E-state index contributed by atoms with van der Waals surface area (Å²) in [5.41, 5.74) is 1.14. The van der Waals surface area contributed by atoms with E-state index in [1.165, 1.54) is 31.4 Å². The molecule has 0 aliphatic rings. The highest BCUT2D eigenvalue weighted by atomic mass is 35.5. The first-order chi connectivity index (χ1) is 14.8. The minimum atomic E-state index is -3.67. The molecule has 0 fully saturated rings. The largest absolute Gasteiger partial charge is 0.383 e. The Labute approximate surface area is 186 Å². The fraction of sp³-hybridized carbons (Fsp3) is 0.238. The first kappa shape index (κ1) is 23.0. The molecule has 0 aliphatic heterocycles. The van der Waals surface area contributed by atoms with E-state index in [1.807, 2.05) is 23.7 Å². The molecule has 0 radical (unpaired) electrons. The highest BCUT2D eigenvalue weighted by Gasteiger charge is 2.22. The molecule has 0 saturated heterocycles. The van der Waals surface area contributed by atoms with Crippen LogP contribution in [0.15, 0.2) is 65.8 Å². The maximum Gasteiger partial charge on any atom is 0.252 e. The number of ether oxygens (including phenoxy) is 1. The van der Waals surface area contributed by atoms with Crippen LogP contribution >= 0.6 is 11.6 Å². The molecule has 0 aliphatic carbocycles. The standard InChI is InChI=1S/C21H23ClN4O4S/c1-26-13-11-23-20(26)19(15-3-7-17(22)8-4-15)25-21(27)16-5-9-18(10-6-16)31(28,29)24-12-14-30-2/h3-11,13,19,24H,12,14H2,1-2H3,(H,25,27). The Balaban J connectivity index is 1.80. The highest BCUT2D eigenvalue weighted by Crippen LogP contribution is 2.23. The summed E-state index contributed by atoms with van der Waals surface area (Å²) in [4.78, 5) is 17.3. The van der Waals surface area contributed by atoms with E-state index in [4.69, 9.17) is 16.3 Å². The van der Waals surface area contributed by atoms with Gasteiger partial charge >= 0.3 is 0 Å². The number of hydrogen-bond donors (Lipinski definition) is 2. The lowest BCUT2D eigenvalue weighted by molar-refractivity contribution is 0.0941. The molecule has 1 atom stereocenters. The summed E-state index contributed by atoms with van der Waals surface area (Å²) in [5, 5.41) is 3.55. The molecule has 3 aromatic rings. The summed E-state index contributed by atoms with van der Waals surface area (Å²) in [6, 6.07) is 12.3. The maximum absolute atomic E-state index is 12.9. The van der Waals surface area contributed by atoms with Crippen LogP contribution in [0.2, 0.25) is 5.02 Å². The predicted octanol–water partition coefficient (Wildman–Crippen LogP) is 2.52. The van der Waals surface area contributed by atoms with Gasteiger partial charge in [-0.3, -0.25) is 4.79 Å². The zero-order valence-corrected chi connectivity index (χ0v) is 18.7. The number of carbonyl (C=O) groups excluding carboxylic acids is 1. The number of imidazole rings is 1. The number of aromatic nitrogens is 2. The molecule has 1 unspecified atom stereocenters. The molecule has 8 nitrogen and oxygen atoms in total. The Bertz CT molecular complexity index is 1130. The van der Waals surface area contributed by atoms with E-state index < -0.39 is 16.1 Å². The minimum absolute atomic E-state index is 0.0681. The fourth-order valence-corrected chi connectivity index (χ4v) is 4.11. The van der Waals surface area contributed by atoms with Gasteiger partial charge in [-0.2, -0.15) is 0 Å². The van der Waals surface area contributed by atoms with Crippen LogP contribution in [0.1, 0.15) is 27.8 Å². The Kier molecular flexibility index (Phi) is 7.45. The van der Waals surface area contributed by atoms with Gasteiger partial charge in [0.1, 0.15) is 11.9 Å². The molecule has 10 heteroatoms. The molecule has 0 bridgehead atoms. The van der Waals surface area contributed by atoms with Gasteiger partial charge in [0, 0.05) is 43.7 Å². The number of nitrogens with zero attached hydrogens (tertiary/aromatic N) is 2. The first-order valence-electron chi connectivity index (χ1n) is 9.44. The highest BCUT2D eigenvalue weighted by molar-refractivity contribution is 7.89. The number of benzene rings is 2. The number of halogens is 1. The minimum Gasteiger partial charge on any atom is -0.383 e. The summed E-state index contributed by atoms with van der Waals surface area (Å²) in [7, 11) is -0.343. The Hall–Kier alpha value is -2.72. The lowest BCUT2D eigenvalue weighted by Gasteiger charge is -2.19. The second-order valence-corrected chi connectivity index (χ2v) is 8.97. The van der Waals surface area contributed by atoms with Crippen molar-refractivity contribution in [3.8, 4) is 0 Å². The van der Waals surface area contributed by atoms with E-state index in [-0.39, 0.29) is 24.0 Å². The van der Waals surface area contributed by atoms with Gasteiger partial charge in [-0.05, 0) is 42.0 Å². The van der Waals surface area contributed by atoms with Gasteiger partial charge in [0.2, 0.25) is 10.0 Å². The molecule has 0 spiro atoms. The topological polar surface area (TPSA) is 102 Å². The van der Waals surface area contributed by atoms with Gasteiger partial charge in [-0.1, -0.05) is 23.7 Å². The summed E-state index contributed by atoms with van der Waals surface area (Å²) in [6.07, 6.45) is 3.45. The molecule has 2 N–H and O–H groups in total. The Morgan fingerprint density at radius 2 is 1.84 bits per heavy atom. The number of hydrogen-bond acceptors (Lipinski definition) is 5. The summed E-state index contributed by atoms with van der Waals surface area (Å²) >= 11 is 6.00. The molecule has 164 valence electrons. The number of nitrogens with one attached hydrogen (secondary N) is 2. The van der Waals surface area contributed by atoms with Crippen LogP contribution in [-0.4, -0.2) is 44.1 Å². The smallest absolute Gasteiger partial charge is 0.252 e. The third kappa shape index (κ3) is 5.71. The van der Waals surface area contributed by atoms with Crippen molar-refractivity contribution in [2.45, 2.75) is 10.9 Å². The van der Waals surface area contributed by atoms with Crippen LogP contribution in [0, 0.1) is 0 Å². The van der Waals surface area contributed by atoms with E-state index in [0.29, 0.717) is 16.4 Å². The van der Waals surface area contributed by atoms with Crippen molar-refractivity contribution in [1.29, 1.82) is 0 Å². The van der Waals surface area contributed by atoms with Crippen LogP contribution in [-0.2, 0) is 21.8 Å². The molecule has 1 aromatic heterocycles. The summed E-state index contributed by atoms with van der Waals surface area (Å²) < 4.78 is 33.7. The molecule has 0 saturated carbocycles. The fourth-order valence-electron chi connectivity index (χ4n) is 2.97. The van der Waals surface area contributed by atoms with Crippen molar-refractivity contribution < 1.29 is 17.9 Å². The number of amides is 1. The second kappa shape index (κ2) is 10.1. The van der Waals surface area contributed by atoms with E-state index in [9.17, 15) is 13.2 Å². The number of methoxy groups -OCH3 is 1. The van der Waals surface area contributed by atoms with Crippen molar-refractivity contribution in [2.24, 2.45) is 7.05 Å². The van der Waals surface area contributed by atoms with Gasteiger partial charge in [-0.15, -0.1) is 0 Å². The van der Waals surface area contributed by atoms with Crippen LogP contribution < -0.4 is 10.0 Å². The molecule has 2 aromatic carbocycles. The third-order valence-electron chi connectivity index (χ3n) is 4.62. The number of aryl methyl sites for hydroxylation is 1. The Morgan fingerprint density at radius 3 is 2.42 bits per heavy atom. The van der Waals surface area contributed by atoms with Crippen LogP contribution in [0.25, 0.3) is 0 Å². The van der Waals surface area contributed by atoms with Crippen molar-refractivity contribution in [2.75, 3.05) is 20.3 Å². The van der Waals surface area contributed by atoms with E-state index >= 15 is 0 Å². The lowest BCUT2D eigenvalue weighted by Crippen LogP contribution is -2.31. The molecule has 31 heavy (non-hydrogen) atoms. The number of carbonyl (C=O) groups is 1. The van der Waals surface area contributed by atoms with E-state index in [1.54, 1.807) is 24.5 Å². The molecule has 1 amide bonds. The van der Waals surface area contributed by atoms with Gasteiger partial charge in [0.05, 0.1) is 11.5 Å². The van der Waals surface area contributed by atoms with Gasteiger partial charge in [0.15, 0.2) is 0 Å². The Morgan fingerprint density at radius 1 is 1.16 bits per heavy atom. The average Bonchev–Trinajstić information content (AvgIpc) is 3.18. The molecule has 1 heterocycles. The first-order valence-corrected chi connectivity index (χ1v) is 11.3. The monoisotopic (exact) mass is 462 g/mol. The van der Waals surface area contributed by atoms with E-state index in [0.717, 1.165) is 5.56 Å². The maximum atomic E-state index is 12.9. The lowest BCUT2D eigenvalue weighted by atomic mass is 10.1. The second-order valence-electron chi connectivity index (χ2n) is 6.77. The number of rotatable bonds is 9. The van der Waals surface area contributed by atoms with Gasteiger partial charge < -0.3 is 14.6 Å². The van der Waals surface area contributed by atoms with Crippen LogP contribution in [0.3, 0.4) is 0 Å². The molecule has 3 rings (SSSR count). The predicted molar refractivity (Wildman–Crippen MR) is 117 cm³/mol. The quantitative estimate of drug-likeness (QED) is 0.476. The van der Waals surface area contributed by atoms with Crippen molar-refractivity contribution >= 4 is 27.5 Å². The zero-order valence-electron chi connectivity index (χ0n) is 17.1.